The predicted molar refractivity (Wildman–Crippen MR) is 65.5 cm³/mol. The monoisotopic (exact) mass is 241 g/mol. The highest BCUT2D eigenvalue weighted by molar-refractivity contribution is 6.32. The second kappa shape index (κ2) is 5.32. The van der Waals surface area contributed by atoms with Crippen molar-refractivity contribution in [2.75, 3.05) is 13.6 Å². The van der Waals surface area contributed by atoms with E-state index >= 15 is 0 Å². The normalized spacial score (nSPS) is 10.8. The third-order valence-corrected chi connectivity index (χ3v) is 2.70. The van der Waals surface area contributed by atoms with Gasteiger partial charge in [0.1, 0.15) is 5.75 Å². The Morgan fingerprint density at radius 3 is 2.62 bits per heavy atom. The second-order valence-electron chi connectivity index (χ2n) is 4.00. The van der Waals surface area contributed by atoms with E-state index in [0.717, 1.165) is 5.56 Å². The number of hydrogen-bond donors (Lipinski definition) is 2. The molecule has 3 nitrogen and oxygen atoms in total. The second-order valence-corrected chi connectivity index (χ2v) is 4.41. The van der Waals surface area contributed by atoms with Gasteiger partial charge in [0.25, 0.3) is 0 Å². The molecule has 2 N–H and O–H groups in total. The average molecular weight is 242 g/mol. The number of aromatic hydroxyl groups is 1. The first-order chi connectivity index (χ1) is 7.47. The fourth-order valence-corrected chi connectivity index (χ4v) is 1.88. The van der Waals surface area contributed by atoms with E-state index in [-0.39, 0.29) is 29.6 Å². The van der Waals surface area contributed by atoms with Gasteiger partial charge in [-0.3, -0.25) is 4.79 Å². The Hall–Kier alpha value is -1.06. The van der Waals surface area contributed by atoms with Gasteiger partial charge in [0.2, 0.25) is 0 Å². The number of benzene rings is 1. The largest absolute Gasteiger partial charge is 0.507 e. The number of halogens is 1. The van der Waals surface area contributed by atoms with Crippen molar-refractivity contribution in [3.05, 3.63) is 28.3 Å². The van der Waals surface area contributed by atoms with Crippen LogP contribution in [0.5, 0.6) is 5.75 Å². The van der Waals surface area contributed by atoms with Crippen molar-refractivity contribution in [3.8, 4) is 5.75 Å². The van der Waals surface area contributed by atoms with Crippen molar-refractivity contribution in [2.45, 2.75) is 19.8 Å². The molecule has 0 unspecified atom stereocenters. The highest BCUT2D eigenvalue weighted by atomic mass is 35.5. The number of phenols is 1. The summed E-state index contributed by atoms with van der Waals surface area (Å²) in [6.45, 7) is 4.15. The van der Waals surface area contributed by atoms with Crippen LogP contribution in [0.15, 0.2) is 12.1 Å². The maximum absolute atomic E-state index is 11.6. The van der Waals surface area contributed by atoms with E-state index in [2.05, 4.69) is 5.32 Å². The number of rotatable bonds is 4. The van der Waals surface area contributed by atoms with Gasteiger partial charge in [-0.25, -0.2) is 0 Å². The molecule has 0 saturated carbocycles. The van der Waals surface area contributed by atoms with E-state index in [9.17, 15) is 9.90 Å². The number of nitrogens with one attached hydrogen (secondary N) is 1. The molecule has 1 aromatic rings. The van der Waals surface area contributed by atoms with Crippen LogP contribution in [0.25, 0.3) is 0 Å². The maximum Gasteiger partial charge on any atom is 0.180 e. The topological polar surface area (TPSA) is 49.3 Å². The number of carbonyl (C=O) groups excluding carboxylic acids is 1. The number of carbonyl (C=O) groups is 1. The fourth-order valence-electron chi connectivity index (χ4n) is 1.50. The zero-order chi connectivity index (χ0) is 12.3. The minimum Gasteiger partial charge on any atom is -0.507 e. The molecule has 0 spiro atoms. The van der Waals surface area contributed by atoms with Gasteiger partial charge in [0.15, 0.2) is 5.78 Å². The van der Waals surface area contributed by atoms with E-state index in [1.807, 2.05) is 13.8 Å². The van der Waals surface area contributed by atoms with Crippen LogP contribution < -0.4 is 5.32 Å². The summed E-state index contributed by atoms with van der Waals surface area (Å²) in [6, 6.07) is 3.10. The van der Waals surface area contributed by atoms with E-state index < -0.39 is 0 Å². The molecule has 1 rings (SSSR count). The van der Waals surface area contributed by atoms with Gasteiger partial charge < -0.3 is 10.4 Å². The van der Waals surface area contributed by atoms with Gasteiger partial charge in [0, 0.05) is 5.02 Å². The first kappa shape index (κ1) is 13.0. The molecule has 0 bridgehead atoms. The molecule has 0 fully saturated rings. The SMILES string of the molecule is CNCC(=O)c1cc(Cl)c(C(C)C)cc1O. The summed E-state index contributed by atoms with van der Waals surface area (Å²) < 4.78 is 0. The van der Waals surface area contributed by atoms with Crippen LogP contribution >= 0.6 is 11.6 Å². The summed E-state index contributed by atoms with van der Waals surface area (Å²) in [5, 5.41) is 13.0. The molecule has 0 heterocycles. The molecule has 0 amide bonds. The number of likely N-dealkylation sites (N-methyl/N-ethyl adjacent to an activating group) is 1. The number of phenolic OH excluding ortho intramolecular Hbond substituents is 1. The third-order valence-electron chi connectivity index (χ3n) is 2.37. The van der Waals surface area contributed by atoms with Crippen molar-refractivity contribution >= 4 is 17.4 Å². The quantitative estimate of drug-likeness (QED) is 0.797. The van der Waals surface area contributed by atoms with Crippen LogP contribution in [0.3, 0.4) is 0 Å². The molecular weight excluding hydrogens is 226 g/mol. The molecule has 0 radical (unpaired) electrons. The summed E-state index contributed by atoms with van der Waals surface area (Å²) in [4.78, 5) is 11.6. The van der Waals surface area contributed by atoms with Gasteiger partial charge in [-0.1, -0.05) is 25.4 Å². The van der Waals surface area contributed by atoms with E-state index in [0.29, 0.717) is 5.02 Å². The zero-order valence-electron chi connectivity index (χ0n) is 9.67. The molecule has 0 aliphatic carbocycles. The Kier molecular flexibility index (Phi) is 4.33. The summed E-state index contributed by atoms with van der Waals surface area (Å²) in [5.74, 6) is 0.0393. The van der Waals surface area contributed by atoms with Crippen LogP contribution in [-0.4, -0.2) is 24.5 Å². The van der Waals surface area contributed by atoms with E-state index in [1.54, 1.807) is 13.1 Å². The molecule has 4 heteroatoms. The highest BCUT2D eigenvalue weighted by Gasteiger charge is 2.15. The standard InChI is InChI=1S/C12H16ClNO2/c1-7(2)8-5-11(15)9(4-10(8)13)12(16)6-14-3/h4-5,7,14-15H,6H2,1-3H3. The predicted octanol–water partition coefficient (Wildman–Crippen LogP) is 2.57. The maximum atomic E-state index is 11.6. The Labute approximate surface area is 100 Å². The Bertz CT molecular complexity index is 402. The molecule has 88 valence electrons. The van der Waals surface area contributed by atoms with Crippen molar-refractivity contribution in [1.82, 2.24) is 5.32 Å². The van der Waals surface area contributed by atoms with Crippen LogP contribution in [0, 0.1) is 0 Å². The molecule has 0 aromatic heterocycles. The first-order valence-electron chi connectivity index (χ1n) is 5.17. The zero-order valence-corrected chi connectivity index (χ0v) is 10.4. The van der Waals surface area contributed by atoms with E-state index in [4.69, 9.17) is 11.6 Å². The number of Topliss-reactive ketones (excluding diaryl/α,β-unsaturated/α-hetero) is 1. The summed E-state index contributed by atoms with van der Waals surface area (Å²) >= 11 is 6.06. The fraction of sp³-hybridized carbons (Fsp3) is 0.417. The van der Waals surface area contributed by atoms with Crippen molar-refractivity contribution in [3.63, 3.8) is 0 Å². The Morgan fingerprint density at radius 1 is 1.50 bits per heavy atom. The van der Waals surface area contributed by atoms with Crippen LogP contribution in [0.1, 0.15) is 35.7 Å². The van der Waals surface area contributed by atoms with E-state index in [1.165, 1.54) is 6.07 Å². The van der Waals surface area contributed by atoms with Gasteiger partial charge in [-0.15, -0.1) is 0 Å². The van der Waals surface area contributed by atoms with Gasteiger partial charge in [0.05, 0.1) is 12.1 Å². The third kappa shape index (κ3) is 2.74. The lowest BCUT2D eigenvalue weighted by Crippen LogP contribution is -2.18. The lowest BCUT2D eigenvalue weighted by Gasteiger charge is -2.11. The summed E-state index contributed by atoms with van der Waals surface area (Å²) in [5.41, 5.74) is 1.11. The summed E-state index contributed by atoms with van der Waals surface area (Å²) in [7, 11) is 1.68. The lowest BCUT2D eigenvalue weighted by atomic mass is 9.99. The van der Waals surface area contributed by atoms with Gasteiger partial charge in [-0.05, 0) is 30.7 Å². The van der Waals surface area contributed by atoms with Crippen molar-refractivity contribution < 1.29 is 9.90 Å². The molecule has 0 aliphatic rings. The van der Waals surface area contributed by atoms with Gasteiger partial charge >= 0.3 is 0 Å². The Morgan fingerprint density at radius 2 is 2.12 bits per heavy atom. The lowest BCUT2D eigenvalue weighted by molar-refractivity contribution is 0.0991. The number of hydrogen-bond acceptors (Lipinski definition) is 3. The Balaban J connectivity index is 3.15. The molecular formula is C12H16ClNO2. The number of ketones is 1. The van der Waals surface area contributed by atoms with Crippen LogP contribution in [0.4, 0.5) is 0 Å². The minimum absolute atomic E-state index is 0.00616. The van der Waals surface area contributed by atoms with Crippen molar-refractivity contribution in [2.24, 2.45) is 0 Å². The average Bonchev–Trinajstić information content (AvgIpc) is 2.20. The molecule has 0 aliphatic heterocycles. The minimum atomic E-state index is -0.169. The molecule has 0 saturated heterocycles. The highest BCUT2D eigenvalue weighted by Crippen LogP contribution is 2.31. The van der Waals surface area contributed by atoms with Crippen LogP contribution in [-0.2, 0) is 0 Å². The van der Waals surface area contributed by atoms with Gasteiger partial charge in [-0.2, -0.15) is 0 Å². The van der Waals surface area contributed by atoms with Crippen molar-refractivity contribution in [1.29, 1.82) is 0 Å². The molecule has 16 heavy (non-hydrogen) atoms. The smallest absolute Gasteiger partial charge is 0.180 e. The molecule has 1 aromatic carbocycles. The molecule has 0 atom stereocenters. The van der Waals surface area contributed by atoms with Crippen LogP contribution in [0.2, 0.25) is 5.02 Å². The summed E-state index contributed by atoms with van der Waals surface area (Å²) in [6.07, 6.45) is 0. The first-order valence-corrected chi connectivity index (χ1v) is 5.55.